The maximum atomic E-state index is 13.3. The number of rotatable bonds is 7. The molecular weight excluding hydrogens is 364 g/mol. The average Bonchev–Trinajstić information content (AvgIpc) is 2.45. The third-order valence-electron chi connectivity index (χ3n) is 3.00. The lowest BCUT2D eigenvalue weighted by atomic mass is 10.1. The van der Waals surface area contributed by atoms with Crippen LogP contribution in [0.3, 0.4) is 0 Å². The quantitative estimate of drug-likeness (QED) is 0.498. The van der Waals surface area contributed by atoms with Crippen LogP contribution in [0.1, 0.15) is 17.5 Å². The Bertz CT molecular complexity index is 607. The van der Waals surface area contributed by atoms with Gasteiger partial charge in [0.15, 0.2) is 6.17 Å². The Morgan fingerprint density at radius 3 is 2.04 bits per heavy atom. The topological polar surface area (TPSA) is 26.3 Å². The van der Waals surface area contributed by atoms with Crippen LogP contribution in [0, 0.1) is 0 Å². The molecule has 0 heterocycles. The second kappa shape index (κ2) is 7.40. The molecule has 1 aromatic rings. The molecule has 1 aromatic carbocycles. The van der Waals surface area contributed by atoms with Crippen LogP contribution >= 0.6 is 0 Å². The van der Waals surface area contributed by atoms with E-state index in [0.717, 1.165) is 0 Å². The van der Waals surface area contributed by atoms with Crippen molar-refractivity contribution in [1.82, 2.24) is 0 Å². The molecule has 0 amide bonds. The van der Waals surface area contributed by atoms with Crippen molar-refractivity contribution < 1.29 is 44.7 Å². The van der Waals surface area contributed by atoms with Crippen LogP contribution in [0.15, 0.2) is 30.8 Å². The van der Waals surface area contributed by atoms with Gasteiger partial charge in [-0.15, -0.1) is 0 Å². The van der Waals surface area contributed by atoms with E-state index in [1.807, 2.05) is 0 Å². The lowest BCUT2D eigenvalue weighted by molar-refractivity contribution is -0.351. The van der Waals surface area contributed by atoms with Gasteiger partial charge >= 0.3 is 24.2 Å². The molecule has 0 radical (unpaired) electrons. The molecule has 0 aromatic heterocycles. The highest BCUT2D eigenvalue weighted by Crippen LogP contribution is 2.43. The molecule has 140 valence electrons. The van der Waals surface area contributed by atoms with Crippen LogP contribution in [-0.4, -0.2) is 30.3 Å². The second-order valence-electron chi connectivity index (χ2n) is 5.02. The molecule has 0 spiro atoms. The van der Waals surface area contributed by atoms with Gasteiger partial charge in [0, 0.05) is 0 Å². The largest absolute Gasteiger partial charge is 0.469 e. The van der Waals surface area contributed by atoms with E-state index in [9.17, 15) is 39.9 Å². The third kappa shape index (κ3) is 5.71. The Labute approximate surface area is 137 Å². The number of alkyl halides is 8. The van der Waals surface area contributed by atoms with Gasteiger partial charge in [0.05, 0.1) is 12.8 Å². The van der Waals surface area contributed by atoms with Crippen LogP contribution < -0.4 is 0 Å². The molecule has 0 saturated heterocycles. The molecule has 0 aliphatic heterocycles. The Morgan fingerprint density at radius 2 is 1.60 bits per heavy atom. The number of hydrogen-bond acceptors (Lipinski definition) is 2. The van der Waals surface area contributed by atoms with Crippen LogP contribution in [-0.2, 0) is 16.0 Å². The Hall–Kier alpha value is -2.13. The Balaban J connectivity index is 2.79. The molecule has 25 heavy (non-hydrogen) atoms. The minimum absolute atomic E-state index is 0.113. The molecule has 2 nitrogen and oxygen atoms in total. The van der Waals surface area contributed by atoms with Gasteiger partial charge in [-0.3, -0.25) is 4.79 Å². The summed E-state index contributed by atoms with van der Waals surface area (Å²) in [6.45, 7) is 3.45. The average molecular weight is 376 g/mol. The van der Waals surface area contributed by atoms with Crippen LogP contribution in [0.25, 0.3) is 6.08 Å². The van der Waals surface area contributed by atoms with E-state index in [2.05, 4.69) is 11.3 Å². The molecule has 0 aliphatic rings. The maximum absolute atomic E-state index is 13.3. The summed E-state index contributed by atoms with van der Waals surface area (Å²) >= 11 is 0. The number of esters is 1. The van der Waals surface area contributed by atoms with E-state index in [0.29, 0.717) is 5.56 Å². The zero-order valence-electron chi connectivity index (χ0n) is 12.4. The molecule has 0 N–H and O–H groups in total. The van der Waals surface area contributed by atoms with E-state index >= 15 is 0 Å². The number of carbonyl (C=O) groups excluding carboxylic acids is 1. The molecule has 10 heteroatoms. The highest BCUT2D eigenvalue weighted by atomic mass is 19.4. The number of ether oxygens (including phenoxy) is 1. The normalized spacial score (nSPS) is 14.1. The lowest BCUT2D eigenvalue weighted by Gasteiger charge is -2.28. The van der Waals surface area contributed by atoms with Crippen molar-refractivity contribution in [1.29, 1.82) is 0 Å². The van der Waals surface area contributed by atoms with Crippen molar-refractivity contribution >= 4 is 12.0 Å². The van der Waals surface area contributed by atoms with Gasteiger partial charge in [0.1, 0.15) is 0 Å². The van der Waals surface area contributed by atoms with Gasteiger partial charge in [0.2, 0.25) is 0 Å². The predicted octanol–water partition coefficient (Wildman–Crippen LogP) is 4.93. The van der Waals surface area contributed by atoms with Crippen LogP contribution in [0.2, 0.25) is 0 Å². The standard InChI is InChI=1S/C15H12F8O2/c1-2-9-3-5-10(6-4-9)7-12(24)25-15(22,23)14(20,21)11(16)8-13(17,18)19/h2-6,11H,1,7-8H2. The first kappa shape index (κ1) is 20.9. The summed E-state index contributed by atoms with van der Waals surface area (Å²) in [5, 5.41) is 0. The van der Waals surface area contributed by atoms with Gasteiger partial charge in [-0.2, -0.15) is 30.7 Å². The Morgan fingerprint density at radius 1 is 1.08 bits per heavy atom. The molecule has 0 fully saturated rings. The van der Waals surface area contributed by atoms with Gasteiger partial charge in [0.25, 0.3) is 0 Å². The van der Waals surface area contributed by atoms with Crippen LogP contribution in [0.4, 0.5) is 35.1 Å². The van der Waals surface area contributed by atoms with Crippen molar-refractivity contribution in [3.8, 4) is 0 Å². The molecule has 1 atom stereocenters. The molecule has 0 saturated carbocycles. The summed E-state index contributed by atoms with van der Waals surface area (Å²) < 4.78 is 105. The lowest BCUT2D eigenvalue weighted by Crippen LogP contribution is -2.51. The van der Waals surface area contributed by atoms with E-state index in [4.69, 9.17) is 0 Å². The fourth-order valence-corrected chi connectivity index (χ4v) is 1.70. The zero-order valence-corrected chi connectivity index (χ0v) is 12.4. The summed E-state index contributed by atoms with van der Waals surface area (Å²) in [5.74, 6) is -7.69. The maximum Gasteiger partial charge on any atom is 0.469 e. The number of carbonyl (C=O) groups is 1. The summed E-state index contributed by atoms with van der Waals surface area (Å²) in [7, 11) is 0. The zero-order chi connectivity index (χ0) is 19.5. The van der Waals surface area contributed by atoms with Crippen molar-refractivity contribution in [3.63, 3.8) is 0 Å². The Kier molecular flexibility index (Phi) is 6.19. The SMILES string of the molecule is C=Cc1ccc(CC(=O)OC(F)(F)C(F)(F)C(F)CC(F)(F)F)cc1. The highest BCUT2D eigenvalue weighted by Gasteiger charge is 2.66. The van der Waals surface area contributed by atoms with Crippen LogP contribution in [0.5, 0.6) is 0 Å². The van der Waals surface area contributed by atoms with Crippen molar-refractivity contribution in [2.45, 2.75) is 37.2 Å². The first-order valence-electron chi connectivity index (χ1n) is 6.68. The molecular formula is C15H12F8O2. The van der Waals surface area contributed by atoms with Gasteiger partial charge < -0.3 is 4.74 Å². The van der Waals surface area contributed by atoms with E-state index in [1.165, 1.54) is 30.3 Å². The van der Waals surface area contributed by atoms with Gasteiger partial charge in [-0.05, 0) is 11.1 Å². The van der Waals surface area contributed by atoms with Crippen molar-refractivity contribution in [3.05, 3.63) is 42.0 Å². The van der Waals surface area contributed by atoms with E-state index in [-0.39, 0.29) is 5.56 Å². The first-order valence-corrected chi connectivity index (χ1v) is 6.68. The molecule has 0 bridgehead atoms. The first-order chi connectivity index (χ1) is 11.3. The van der Waals surface area contributed by atoms with Crippen molar-refractivity contribution in [2.75, 3.05) is 0 Å². The minimum atomic E-state index is -5.84. The van der Waals surface area contributed by atoms with E-state index in [1.54, 1.807) is 0 Å². The monoisotopic (exact) mass is 376 g/mol. The van der Waals surface area contributed by atoms with Crippen molar-refractivity contribution in [2.24, 2.45) is 0 Å². The third-order valence-corrected chi connectivity index (χ3v) is 3.00. The number of halogens is 8. The fraction of sp³-hybridized carbons (Fsp3) is 0.400. The van der Waals surface area contributed by atoms with E-state index < -0.39 is 43.2 Å². The highest BCUT2D eigenvalue weighted by molar-refractivity contribution is 5.73. The molecule has 0 aliphatic carbocycles. The summed E-state index contributed by atoms with van der Waals surface area (Å²) in [6, 6.07) is 5.50. The molecule has 1 unspecified atom stereocenters. The summed E-state index contributed by atoms with van der Waals surface area (Å²) in [6.07, 6.45) is -17.7. The number of benzene rings is 1. The number of hydrogen-bond donors (Lipinski definition) is 0. The van der Waals surface area contributed by atoms with Gasteiger partial charge in [-0.25, -0.2) is 4.39 Å². The minimum Gasteiger partial charge on any atom is -0.396 e. The predicted molar refractivity (Wildman–Crippen MR) is 71.8 cm³/mol. The van der Waals surface area contributed by atoms with Gasteiger partial charge in [-0.1, -0.05) is 36.9 Å². The second-order valence-corrected chi connectivity index (χ2v) is 5.02. The fourth-order valence-electron chi connectivity index (χ4n) is 1.70. The summed E-state index contributed by atoms with van der Waals surface area (Å²) in [5.41, 5.74) is 0.739. The smallest absolute Gasteiger partial charge is 0.396 e. The summed E-state index contributed by atoms with van der Waals surface area (Å²) in [4.78, 5) is 11.3. The molecule has 1 rings (SSSR count).